The maximum absolute atomic E-state index is 13.1. The number of carbonyl (C=O) groups excluding carboxylic acids is 1. The molecule has 2 N–H and O–H groups in total. The largest absolute Gasteiger partial charge is 0.341 e. The van der Waals surface area contributed by atoms with Gasteiger partial charge in [-0.25, -0.2) is 0 Å². The van der Waals surface area contributed by atoms with Crippen LogP contribution in [0.3, 0.4) is 0 Å². The minimum absolute atomic E-state index is 0. The summed E-state index contributed by atoms with van der Waals surface area (Å²) in [5.74, 6) is 0.482. The van der Waals surface area contributed by atoms with Crippen LogP contribution in [0, 0.1) is 5.41 Å². The first kappa shape index (κ1) is 23.0. The quantitative estimate of drug-likeness (QED) is 0.768. The Morgan fingerprint density at radius 1 is 1.31 bits per heavy atom. The summed E-state index contributed by atoms with van der Waals surface area (Å²) in [7, 11) is 1.83. The molecule has 0 unspecified atom stereocenters. The van der Waals surface area contributed by atoms with Gasteiger partial charge in [0.2, 0.25) is 0 Å². The average Bonchev–Trinajstić information content (AvgIpc) is 3.37. The number of rotatable bonds is 5. The predicted octanol–water partition coefficient (Wildman–Crippen LogP) is 4.67. The fourth-order valence-corrected chi connectivity index (χ4v) is 3.14. The highest BCUT2D eigenvalue weighted by Crippen LogP contribution is 2.40. The molecular weight excluding hydrogens is 393 g/mol. The molecule has 0 saturated heterocycles. The van der Waals surface area contributed by atoms with Gasteiger partial charge in [-0.2, -0.15) is 0 Å². The van der Waals surface area contributed by atoms with Crippen molar-refractivity contribution in [3.8, 4) is 0 Å². The summed E-state index contributed by atoms with van der Waals surface area (Å²) in [4.78, 5) is 19.5. The van der Waals surface area contributed by atoms with Gasteiger partial charge in [0.1, 0.15) is 0 Å². The lowest BCUT2D eigenvalue weighted by Gasteiger charge is -2.29. The molecular formula is C19H26Cl3N3O. The van der Waals surface area contributed by atoms with Crippen molar-refractivity contribution in [1.29, 1.82) is 0 Å². The zero-order valence-corrected chi connectivity index (χ0v) is 17.7. The summed E-state index contributed by atoms with van der Waals surface area (Å²) in [6, 6.07) is 7.49. The normalized spacial score (nSPS) is 13.7. The van der Waals surface area contributed by atoms with Crippen molar-refractivity contribution < 1.29 is 4.79 Å². The number of halogens is 3. The molecule has 0 aliphatic heterocycles. The van der Waals surface area contributed by atoms with Crippen molar-refractivity contribution in [2.24, 2.45) is 11.1 Å². The highest BCUT2D eigenvalue weighted by atomic mass is 35.5. The highest BCUT2D eigenvalue weighted by Gasteiger charge is 2.28. The van der Waals surface area contributed by atoms with Gasteiger partial charge >= 0.3 is 0 Å². The minimum atomic E-state index is -0.121. The van der Waals surface area contributed by atoms with Crippen LogP contribution >= 0.6 is 36.4 Å². The minimum Gasteiger partial charge on any atom is -0.341 e. The van der Waals surface area contributed by atoms with Crippen LogP contribution in [0.5, 0.6) is 0 Å². The lowest BCUT2D eigenvalue weighted by molar-refractivity contribution is 0.0742. The highest BCUT2D eigenvalue weighted by molar-refractivity contribution is 6.31. The summed E-state index contributed by atoms with van der Waals surface area (Å²) in [5.41, 5.74) is 8.22. The molecule has 0 bridgehead atoms. The summed E-state index contributed by atoms with van der Waals surface area (Å²) in [5, 5.41) is 1.43. The maximum atomic E-state index is 13.1. The van der Waals surface area contributed by atoms with Crippen LogP contribution in [-0.4, -0.2) is 35.9 Å². The summed E-state index contributed by atoms with van der Waals surface area (Å²) >= 11 is 6.15. The van der Waals surface area contributed by atoms with Crippen molar-refractivity contribution in [3.63, 3.8) is 0 Å². The fraction of sp³-hybridized carbons (Fsp3) is 0.474. The molecule has 7 heteroatoms. The first-order chi connectivity index (χ1) is 11.3. The Hall–Kier alpha value is -1.07. The van der Waals surface area contributed by atoms with Gasteiger partial charge in [0.15, 0.2) is 0 Å². The number of benzene rings is 1. The van der Waals surface area contributed by atoms with E-state index < -0.39 is 0 Å². The number of pyridine rings is 1. The zero-order valence-electron chi connectivity index (χ0n) is 15.3. The molecule has 1 heterocycles. The first-order valence-corrected chi connectivity index (χ1v) is 8.74. The third-order valence-corrected chi connectivity index (χ3v) is 4.82. The van der Waals surface area contributed by atoms with Gasteiger partial charge in [-0.05, 0) is 49.1 Å². The Bertz CT molecular complexity index is 791. The maximum Gasteiger partial charge on any atom is 0.254 e. The number of hydrogen-bond acceptors (Lipinski definition) is 3. The molecule has 2 aromatic rings. The van der Waals surface area contributed by atoms with E-state index in [1.807, 2.05) is 31.3 Å². The van der Waals surface area contributed by atoms with Crippen LogP contribution in [0.4, 0.5) is 0 Å². The molecule has 1 aliphatic rings. The van der Waals surface area contributed by atoms with E-state index in [-0.39, 0.29) is 36.1 Å². The molecule has 0 radical (unpaired) electrons. The lowest BCUT2D eigenvalue weighted by atomic mass is 9.93. The van der Waals surface area contributed by atoms with Crippen molar-refractivity contribution in [3.05, 3.63) is 40.5 Å². The topological polar surface area (TPSA) is 59.2 Å². The zero-order chi connectivity index (χ0) is 17.5. The van der Waals surface area contributed by atoms with E-state index >= 15 is 0 Å². The van der Waals surface area contributed by atoms with Crippen LogP contribution < -0.4 is 5.73 Å². The van der Waals surface area contributed by atoms with Crippen molar-refractivity contribution in [2.45, 2.75) is 32.6 Å². The number of nitrogens with zero attached hydrogens (tertiary/aromatic N) is 2. The Labute approximate surface area is 172 Å². The van der Waals surface area contributed by atoms with Crippen LogP contribution in [0.2, 0.25) is 5.02 Å². The molecule has 26 heavy (non-hydrogen) atoms. The standard InChI is InChI=1S/C19H24ClN3O.2ClH/c1-19(2,10-21)11-23(3)18(24)15-9-17(12-4-5-12)22-16-7-6-13(20)8-14(15)16;;/h6-9,12H,4-5,10-11,21H2,1-3H3;2*1H. The molecule has 1 aliphatic carbocycles. The van der Waals surface area contributed by atoms with Crippen molar-refractivity contribution in [2.75, 3.05) is 20.1 Å². The van der Waals surface area contributed by atoms with Gasteiger partial charge in [0.05, 0.1) is 11.1 Å². The van der Waals surface area contributed by atoms with E-state index in [1.54, 1.807) is 4.90 Å². The molecule has 3 rings (SSSR count). The van der Waals surface area contributed by atoms with Gasteiger partial charge in [-0.3, -0.25) is 9.78 Å². The van der Waals surface area contributed by atoms with Crippen LogP contribution in [0.25, 0.3) is 10.9 Å². The second-order valence-electron chi connectivity index (χ2n) is 7.56. The Balaban J connectivity index is 0.00000169. The second kappa shape index (κ2) is 8.75. The van der Waals surface area contributed by atoms with Crippen LogP contribution in [0.15, 0.2) is 24.3 Å². The molecule has 0 spiro atoms. The van der Waals surface area contributed by atoms with Crippen LogP contribution in [0.1, 0.15) is 48.7 Å². The monoisotopic (exact) mass is 417 g/mol. The number of carbonyl (C=O) groups is 1. The third-order valence-electron chi connectivity index (χ3n) is 4.58. The molecule has 1 saturated carbocycles. The van der Waals surface area contributed by atoms with Gasteiger partial charge in [0.25, 0.3) is 5.91 Å². The van der Waals surface area contributed by atoms with Crippen molar-refractivity contribution >= 4 is 53.2 Å². The summed E-state index contributed by atoms with van der Waals surface area (Å²) in [6.07, 6.45) is 2.30. The van der Waals surface area contributed by atoms with E-state index in [9.17, 15) is 4.79 Å². The van der Waals surface area contributed by atoms with Gasteiger partial charge < -0.3 is 10.6 Å². The van der Waals surface area contributed by atoms with E-state index in [1.165, 1.54) is 0 Å². The lowest BCUT2D eigenvalue weighted by Crippen LogP contribution is -2.39. The number of hydrogen-bond donors (Lipinski definition) is 1. The van der Waals surface area contributed by atoms with E-state index in [0.29, 0.717) is 29.6 Å². The molecule has 1 fully saturated rings. The van der Waals surface area contributed by atoms with Gasteiger partial charge in [0, 0.05) is 35.6 Å². The molecule has 1 aromatic heterocycles. The Morgan fingerprint density at radius 3 is 2.54 bits per heavy atom. The van der Waals surface area contributed by atoms with E-state index in [2.05, 4.69) is 13.8 Å². The Kier molecular flexibility index (Phi) is 7.73. The summed E-state index contributed by atoms with van der Waals surface area (Å²) in [6.45, 7) is 5.26. The molecule has 0 atom stereocenters. The molecule has 1 aromatic carbocycles. The van der Waals surface area contributed by atoms with Crippen molar-refractivity contribution in [1.82, 2.24) is 9.88 Å². The second-order valence-corrected chi connectivity index (χ2v) is 8.00. The first-order valence-electron chi connectivity index (χ1n) is 8.36. The SMILES string of the molecule is CN(CC(C)(C)CN)C(=O)c1cc(C2CC2)nc2ccc(Cl)cc12.Cl.Cl. The third kappa shape index (κ3) is 5.01. The summed E-state index contributed by atoms with van der Waals surface area (Å²) < 4.78 is 0. The average molecular weight is 419 g/mol. The van der Waals surface area contributed by atoms with Gasteiger partial charge in [-0.1, -0.05) is 25.4 Å². The van der Waals surface area contributed by atoms with E-state index in [4.69, 9.17) is 22.3 Å². The molecule has 4 nitrogen and oxygen atoms in total. The fourth-order valence-electron chi connectivity index (χ4n) is 2.97. The van der Waals surface area contributed by atoms with Gasteiger partial charge in [-0.15, -0.1) is 24.8 Å². The Morgan fingerprint density at radius 2 is 1.96 bits per heavy atom. The number of amides is 1. The van der Waals surface area contributed by atoms with E-state index in [0.717, 1.165) is 29.4 Å². The molecule has 1 amide bonds. The molecule has 144 valence electrons. The number of nitrogens with two attached hydrogens (primary N) is 1. The number of fused-ring (bicyclic) bond motifs is 1. The predicted molar refractivity (Wildman–Crippen MR) is 113 cm³/mol. The smallest absolute Gasteiger partial charge is 0.254 e. The number of aromatic nitrogens is 1. The van der Waals surface area contributed by atoms with Crippen LogP contribution in [-0.2, 0) is 0 Å².